The van der Waals surface area contributed by atoms with Crippen molar-refractivity contribution in [1.29, 1.82) is 0 Å². The fourth-order valence-electron chi connectivity index (χ4n) is 0.854. The minimum Gasteiger partial charge on any atom is -0.548 e. The summed E-state index contributed by atoms with van der Waals surface area (Å²) < 4.78 is 0. The van der Waals surface area contributed by atoms with E-state index in [1.54, 1.807) is 0 Å². The van der Waals surface area contributed by atoms with Gasteiger partial charge in [-0.15, -0.1) is 0 Å². The Kier molecular flexibility index (Phi) is 58.9. The summed E-state index contributed by atoms with van der Waals surface area (Å²) in [6.07, 6.45) is 8.49. The molecule has 0 saturated carbocycles. The van der Waals surface area contributed by atoms with Crippen LogP contribution in [-0.2, 0) is 40.9 Å². The van der Waals surface area contributed by atoms with Crippen molar-refractivity contribution in [2.75, 3.05) is 26.4 Å². The van der Waals surface area contributed by atoms with Crippen LogP contribution in [0.2, 0.25) is 0 Å². The van der Waals surface area contributed by atoms with Gasteiger partial charge in [0, 0.05) is 0 Å². The van der Waals surface area contributed by atoms with Gasteiger partial charge in [0.1, 0.15) is 0 Å². The SMILES string of the molecule is CCCCCCCC.O=C([O-])CO.O=C([O-])CO.O=C([O-])CO.O=C([O-])CO.[Ti+4]. The van der Waals surface area contributed by atoms with Crippen LogP contribution in [0.15, 0.2) is 0 Å². The number of hydrogen-bond donors (Lipinski definition) is 4. The van der Waals surface area contributed by atoms with Crippen LogP contribution >= 0.6 is 0 Å². The van der Waals surface area contributed by atoms with E-state index in [-0.39, 0.29) is 21.7 Å². The van der Waals surface area contributed by atoms with Gasteiger partial charge in [0.05, 0.1) is 50.3 Å². The minimum atomic E-state index is -1.44. The van der Waals surface area contributed by atoms with E-state index in [9.17, 15) is 0 Å². The van der Waals surface area contributed by atoms with Gasteiger partial charge in [-0.2, -0.15) is 0 Å². The molecule has 13 heteroatoms. The number of hydrogen-bond acceptors (Lipinski definition) is 12. The number of carbonyl (C=O) groups is 4. The van der Waals surface area contributed by atoms with E-state index in [0.29, 0.717) is 0 Å². The Morgan fingerprint density at radius 3 is 0.724 bits per heavy atom. The number of unbranched alkanes of at least 4 members (excludes halogenated alkanes) is 5. The van der Waals surface area contributed by atoms with Crippen molar-refractivity contribution in [2.45, 2.75) is 52.4 Å². The fourth-order valence-corrected chi connectivity index (χ4v) is 0.854. The van der Waals surface area contributed by atoms with Gasteiger partial charge in [-0.3, -0.25) is 0 Å². The number of aliphatic hydroxyl groups excluding tert-OH is 4. The van der Waals surface area contributed by atoms with Crippen molar-refractivity contribution in [3.05, 3.63) is 0 Å². The normalized spacial score (nSPS) is 7.79. The van der Waals surface area contributed by atoms with E-state index < -0.39 is 50.3 Å². The van der Waals surface area contributed by atoms with Gasteiger partial charge < -0.3 is 60.0 Å². The van der Waals surface area contributed by atoms with E-state index in [1.165, 1.54) is 38.5 Å². The van der Waals surface area contributed by atoms with Crippen molar-refractivity contribution in [1.82, 2.24) is 0 Å². The van der Waals surface area contributed by atoms with Crippen molar-refractivity contribution in [2.24, 2.45) is 0 Å². The second-order valence-electron chi connectivity index (χ2n) is 4.53. The van der Waals surface area contributed by atoms with Gasteiger partial charge in [-0.1, -0.05) is 52.4 Å². The fraction of sp³-hybridized carbons (Fsp3) is 0.750. The third kappa shape index (κ3) is 121. The summed E-state index contributed by atoms with van der Waals surface area (Å²) in [6.45, 7) is 0.956. The molecule has 0 saturated heterocycles. The van der Waals surface area contributed by atoms with Crippen LogP contribution in [0.25, 0.3) is 0 Å². The summed E-state index contributed by atoms with van der Waals surface area (Å²) in [7, 11) is 0. The molecule has 0 atom stereocenters. The molecule has 0 unspecified atom stereocenters. The molecule has 0 aromatic rings. The van der Waals surface area contributed by atoms with Gasteiger partial charge in [0.25, 0.3) is 0 Å². The predicted molar refractivity (Wildman–Crippen MR) is 87.4 cm³/mol. The van der Waals surface area contributed by atoms with E-state index in [2.05, 4.69) is 13.8 Å². The van der Waals surface area contributed by atoms with Crippen molar-refractivity contribution in [3.8, 4) is 0 Å². The van der Waals surface area contributed by atoms with Crippen LogP contribution in [0.3, 0.4) is 0 Å². The average molecular weight is 462 g/mol. The van der Waals surface area contributed by atoms with Crippen molar-refractivity contribution < 1.29 is 81.7 Å². The second-order valence-corrected chi connectivity index (χ2v) is 4.53. The van der Waals surface area contributed by atoms with Gasteiger partial charge >= 0.3 is 21.7 Å². The molecule has 0 aliphatic rings. The Labute approximate surface area is 184 Å². The number of carboxylic acids is 4. The maximum Gasteiger partial charge on any atom is 4.00 e. The summed E-state index contributed by atoms with van der Waals surface area (Å²) in [5, 5.41) is 66.0. The summed E-state index contributed by atoms with van der Waals surface area (Å²) in [5.41, 5.74) is 0. The van der Waals surface area contributed by atoms with Gasteiger partial charge in [-0.25, -0.2) is 0 Å². The molecule has 0 aromatic heterocycles. The molecule has 0 rings (SSSR count). The quantitative estimate of drug-likeness (QED) is 0.185. The molecule has 0 radical (unpaired) electrons. The van der Waals surface area contributed by atoms with Crippen LogP contribution in [0, 0.1) is 0 Å². The van der Waals surface area contributed by atoms with Gasteiger partial charge in [0.2, 0.25) is 0 Å². The Morgan fingerprint density at radius 2 is 0.655 bits per heavy atom. The third-order valence-electron chi connectivity index (χ3n) is 1.97. The predicted octanol–water partition coefficient (Wildman–Crippen LogP) is -5.72. The Hall–Kier alpha value is -1.57. The molecule has 0 heterocycles. The van der Waals surface area contributed by atoms with Crippen LogP contribution in [-0.4, -0.2) is 70.7 Å². The second kappa shape index (κ2) is 41.0. The summed E-state index contributed by atoms with van der Waals surface area (Å²) in [6, 6.07) is 0. The molecule has 0 aliphatic heterocycles. The summed E-state index contributed by atoms with van der Waals surface area (Å²) in [4.78, 5) is 36.0. The van der Waals surface area contributed by atoms with Crippen molar-refractivity contribution >= 4 is 23.9 Å². The zero-order valence-electron chi connectivity index (χ0n) is 16.6. The Bertz CT molecular complexity index is 302. The molecular formula is C16H30O12Ti. The maximum absolute atomic E-state index is 9.01. The Morgan fingerprint density at radius 1 is 0.517 bits per heavy atom. The molecule has 0 aliphatic carbocycles. The number of aliphatic carboxylic acids is 4. The van der Waals surface area contributed by atoms with E-state index in [4.69, 9.17) is 60.0 Å². The van der Waals surface area contributed by atoms with Gasteiger partial charge in [0.15, 0.2) is 0 Å². The van der Waals surface area contributed by atoms with Crippen LogP contribution in [0.1, 0.15) is 52.4 Å². The largest absolute Gasteiger partial charge is 4.00 e. The van der Waals surface area contributed by atoms with Crippen LogP contribution in [0.5, 0.6) is 0 Å². The first-order valence-electron chi connectivity index (χ1n) is 8.23. The number of carboxylic acid groups (broad SMARTS) is 4. The first-order chi connectivity index (χ1) is 13.0. The topological polar surface area (TPSA) is 241 Å². The first-order valence-corrected chi connectivity index (χ1v) is 8.23. The molecule has 4 N–H and O–H groups in total. The zero-order chi connectivity index (χ0) is 23.4. The molecule has 0 spiro atoms. The van der Waals surface area contributed by atoms with E-state index in [0.717, 1.165) is 0 Å². The number of carbonyl (C=O) groups excluding carboxylic acids is 4. The summed E-state index contributed by atoms with van der Waals surface area (Å²) >= 11 is 0. The molecule has 29 heavy (non-hydrogen) atoms. The smallest absolute Gasteiger partial charge is 0.548 e. The standard InChI is InChI=1S/C8H18.4C2H4O3.Ti/c1-3-5-7-8-6-4-2;4*3-1-2(4)5;/h3-8H2,1-2H3;4*3H,1H2,(H,4,5);/q;;;;;+4/p-4. The molecule has 0 fully saturated rings. The molecule has 0 amide bonds. The average Bonchev–Trinajstić information content (AvgIpc) is 2.67. The van der Waals surface area contributed by atoms with Gasteiger partial charge in [-0.05, 0) is 0 Å². The zero-order valence-corrected chi connectivity index (χ0v) is 18.2. The number of rotatable bonds is 9. The van der Waals surface area contributed by atoms with E-state index >= 15 is 0 Å². The van der Waals surface area contributed by atoms with Crippen molar-refractivity contribution in [3.63, 3.8) is 0 Å². The number of aliphatic hydroxyl groups is 4. The molecule has 12 nitrogen and oxygen atoms in total. The van der Waals surface area contributed by atoms with E-state index in [1.807, 2.05) is 0 Å². The molecule has 0 bridgehead atoms. The monoisotopic (exact) mass is 462 g/mol. The van der Waals surface area contributed by atoms with Crippen LogP contribution in [0.4, 0.5) is 0 Å². The summed E-state index contributed by atoms with van der Waals surface area (Å²) in [5.74, 6) is -5.76. The minimum absolute atomic E-state index is 0. The molecule has 0 aromatic carbocycles. The first kappa shape index (κ1) is 41.7. The third-order valence-corrected chi connectivity index (χ3v) is 1.97. The molecular weight excluding hydrogens is 432 g/mol. The Balaban J connectivity index is -0.0000000575. The van der Waals surface area contributed by atoms with Crippen LogP contribution < -0.4 is 20.4 Å². The molecule has 170 valence electrons. The maximum atomic E-state index is 9.01.